The van der Waals surface area contributed by atoms with Gasteiger partial charge in [-0.15, -0.1) is 11.3 Å². The van der Waals surface area contributed by atoms with Crippen LogP contribution in [0.25, 0.3) is 75.5 Å². The Bertz CT molecular complexity index is 2560. The first-order chi connectivity index (χ1) is 24.5. The maximum Gasteiger partial charge on any atom is 0.124 e. The fraction of sp³-hybridized carbons (Fsp3) is 0.167. The summed E-state index contributed by atoms with van der Waals surface area (Å²) < 4.78 is 8.10. The molecule has 1 aliphatic carbocycles. The number of hydrogen-bond acceptors (Lipinski definition) is 2. The van der Waals surface area contributed by atoms with E-state index in [2.05, 4.69) is 159 Å². The molecule has 0 radical (unpaired) electrons. The van der Waals surface area contributed by atoms with Gasteiger partial charge in [0.1, 0.15) is 11.4 Å². The third-order valence-electron chi connectivity index (χ3n) is 12.0. The normalized spacial score (nSPS) is 19.8. The molecule has 0 amide bonds. The molecule has 1 aromatic heterocycles. The van der Waals surface area contributed by atoms with Gasteiger partial charge in [0.15, 0.2) is 0 Å². The van der Waals surface area contributed by atoms with Crippen molar-refractivity contribution in [3.63, 3.8) is 0 Å². The number of hydrogen-bond donors (Lipinski definition) is 0. The zero-order valence-electron chi connectivity index (χ0n) is 28.5. The van der Waals surface area contributed by atoms with Crippen molar-refractivity contribution >= 4 is 43.0 Å². The minimum atomic E-state index is -0.147. The Morgan fingerprint density at radius 1 is 0.480 bits per heavy atom. The lowest BCUT2D eigenvalue weighted by molar-refractivity contribution is 0.00740. The van der Waals surface area contributed by atoms with Crippen molar-refractivity contribution in [2.45, 2.75) is 50.5 Å². The molecule has 2 heterocycles. The molecule has 2 atom stereocenters. The first-order valence-electron chi connectivity index (χ1n) is 18.0. The molecule has 0 N–H and O–H groups in total. The van der Waals surface area contributed by atoms with Gasteiger partial charge in [-0.25, -0.2) is 0 Å². The van der Waals surface area contributed by atoms with Gasteiger partial charge in [0.2, 0.25) is 0 Å². The average Bonchev–Trinajstić information content (AvgIpc) is 3.65. The average molecular weight is 663 g/mol. The van der Waals surface area contributed by atoms with Gasteiger partial charge in [-0.1, -0.05) is 135 Å². The Morgan fingerprint density at radius 3 is 1.80 bits per heavy atom. The number of ether oxygens (including phenoxy) is 1. The molecule has 2 aliphatic rings. The third kappa shape index (κ3) is 4.31. The molecule has 1 saturated carbocycles. The number of benzene rings is 7. The van der Waals surface area contributed by atoms with Crippen molar-refractivity contribution in [3.8, 4) is 49.6 Å². The molecule has 7 aromatic carbocycles. The monoisotopic (exact) mass is 662 g/mol. The van der Waals surface area contributed by atoms with E-state index in [1.807, 2.05) is 11.3 Å². The second kappa shape index (κ2) is 11.2. The Balaban J connectivity index is 1.25. The second-order valence-electron chi connectivity index (χ2n) is 14.7. The fourth-order valence-corrected chi connectivity index (χ4v) is 10.5. The Labute approximate surface area is 297 Å². The summed E-state index contributed by atoms with van der Waals surface area (Å²) in [5.74, 6) is 1.07. The van der Waals surface area contributed by atoms with E-state index in [0.717, 1.165) is 12.2 Å². The molecule has 1 fully saturated rings. The van der Waals surface area contributed by atoms with E-state index in [0.29, 0.717) is 0 Å². The van der Waals surface area contributed by atoms with E-state index in [4.69, 9.17) is 4.74 Å². The van der Waals surface area contributed by atoms with Gasteiger partial charge in [0.25, 0.3) is 0 Å². The van der Waals surface area contributed by atoms with Crippen LogP contribution in [0.1, 0.15) is 45.1 Å². The van der Waals surface area contributed by atoms with E-state index >= 15 is 0 Å². The predicted molar refractivity (Wildman–Crippen MR) is 213 cm³/mol. The van der Waals surface area contributed by atoms with Gasteiger partial charge in [-0.3, -0.25) is 0 Å². The van der Waals surface area contributed by atoms with Crippen LogP contribution in [-0.2, 0) is 5.41 Å². The summed E-state index contributed by atoms with van der Waals surface area (Å²) >= 11 is 1.93. The summed E-state index contributed by atoms with van der Waals surface area (Å²) in [5.41, 5.74) is 10.2. The summed E-state index contributed by atoms with van der Waals surface area (Å²) in [5, 5.41) is 6.45. The van der Waals surface area contributed by atoms with Crippen LogP contribution in [-0.4, -0.2) is 5.60 Å². The number of rotatable bonds is 4. The number of thiophene rings is 1. The molecule has 1 aliphatic heterocycles. The van der Waals surface area contributed by atoms with Gasteiger partial charge in [0, 0.05) is 37.1 Å². The topological polar surface area (TPSA) is 9.23 Å². The van der Waals surface area contributed by atoms with Crippen LogP contribution >= 0.6 is 11.3 Å². The first kappa shape index (κ1) is 29.7. The Kier molecular flexibility index (Phi) is 6.64. The highest BCUT2D eigenvalue weighted by Gasteiger charge is 2.55. The summed E-state index contributed by atoms with van der Waals surface area (Å²) in [6.07, 6.45) is 4.77. The van der Waals surface area contributed by atoms with Gasteiger partial charge < -0.3 is 4.74 Å². The lowest BCUT2D eigenvalue weighted by atomic mass is 9.63. The van der Waals surface area contributed by atoms with Gasteiger partial charge >= 0.3 is 0 Å². The van der Waals surface area contributed by atoms with Gasteiger partial charge in [0.05, 0.1) is 0 Å². The largest absolute Gasteiger partial charge is 0.486 e. The van der Waals surface area contributed by atoms with Crippen LogP contribution in [0.5, 0.6) is 5.75 Å². The summed E-state index contributed by atoms with van der Waals surface area (Å²) in [6.45, 7) is 4.79. The van der Waals surface area contributed by atoms with Crippen molar-refractivity contribution in [2.24, 2.45) is 0 Å². The smallest absolute Gasteiger partial charge is 0.124 e. The fourth-order valence-electron chi connectivity index (χ4n) is 9.19. The molecule has 8 aromatic rings. The molecule has 0 spiro atoms. The number of fused-ring (bicyclic) bond motifs is 6. The molecule has 50 heavy (non-hydrogen) atoms. The van der Waals surface area contributed by atoms with Crippen LogP contribution in [0.2, 0.25) is 0 Å². The quantitative estimate of drug-likeness (QED) is 0.170. The molecule has 2 unspecified atom stereocenters. The second-order valence-corrected chi connectivity index (χ2v) is 15.7. The molecular weight excluding hydrogens is 625 g/mol. The third-order valence-corrected chi connectivity index (χ3v) is 13.1. The minimum absolute atomic E-state index is 0.0118. The van der Waals surface area contributed by atoms with E-state index in [9.17, 15) is 0 Å². The molecule has 0 saturated heterocycles. The minimum Gasteiger partial charge on any atom is -0.486 e. The first-order valence-corrected chi connectivity index (χ1v) is 18.8. The zero-order chi connectivity index (χ0) is 33.5. The van der Waals surface area contributed by atoms with Crippen LogP contribution < -0.4 is 4.74 Å². The van der Waals surface area contributed by atoms with E-state index < -0.39 is 0 Å². The van der Waals surface area contributed by atoms with Crippen molar-refractivity contribution in [1.82, 2.24) is 0 Å². The maximum atomic E-state index is 6.79. The maximum absolute atomic E-state index is 6.79. The highest BCUT2D eigenvalue weighted by molar-refractivity contribution is 7.23. The molecule has 2 heteroatoms. The summed E-state index contributed by atoms with van der Waals surface area (Å²) in [7, 11) is 0. The highest BCUT2D eigenvalue weighted by Crippen LogP contribution is 2.58. The standard InChI is InChI=1S/C48H38OS/c1-47-27-12-13-28-48(47,2)49-41-26-25-34(30-40(41)47)44-39-23-10-11-24-42(39)50-46(44)45-37-21-8-6-19-35(37)43(36-20-7-9-22-38(36)45)33-18-14-17-32(29-33)31-15-4-3-5-16-31/h3-11,14-26,29-30H,12-13,27-28H2,1-2H3. The molecule has 10 rings (SSSR count). The van der Waals surface area contributed by atoms with Gasteiger partial charge in [-0.05, 0) is 99.8 Å². The summed E-state index contributed by atoms with van der Waals surface area (Å²) in [6, 6.07) is 53.9. The SMILES string of the molecule is CC12CCCCC1(C)c1cc(-c3c(-c4c5ccccc5c(-c5cccc(-c6ccccc6)c5)c5ccccc45)sc4ccccc34)ccc1O2. The van der Waals surface area contributed by atoms with E-state index in [-0.39, 0.29) is 11.0 Å². The molecule has 242 valence electrons. The van der Waals surface area contributed by atoms with E-state index in [1.54, 1.807) is 0 Å². The summed E-state index contributed by atoms with van der Waals surface area (Å²) in [4.78, 5) is 1.33. The van der Waals surface area contributed by atoms with Gasteiger partial charge in [-0.2, -0.15) is 0 Å². The molecular formula is C48H38OS. The Hall–Kier alpha value is -5.18. The van der Waals surface area contributed by atoms with Crippen molar-refractivity contribution in [1.29, 1.82) is 0 Å². The van der Waals surface area contributed by atoms with Crippen molar-refractivity contribution < 1.29 is 4.74 Å². The lowest BCUT2D eigenvalue weighted by Gasteiger charge is -2.43. The zero-order valence-corrected chi connectivity index (χ0v) is 29.3. The van der Waals surface area contributed by atoms with Crippen LogP contribution in [0, 0.1) is 0 Å². The predicted octanol–water partition coefficient (Wildman–Crippen LogP) is 13.9. The highest BCUT2D eigenvalue weighted by atomic mass is 32.1. The lowest BCUT2D eigenvalue weighted by Crippen LogP contribution is -2.49. The van der Waals surface area contributed by atoms with Crippen molar-refractivity contribution in [2.75, 3.05) is 0 Å². The van der Waals surface area contributed by atoms with E-state index in [1.165, 1.54) is 100 Å². The molecule has 1 nitrogen and oxygen atoms in total. The van der Waals surface area contributed by atoms with Crippen LogP contribution in [0.4, 0.5) is 0 Å². The van der Waals surface area contributed by atoms with Crippen molar-refractivity contribution in [3.05, 3.63) is 151 Å². The Morgan fingerprint density at radius 2 is 1.06 bits per heavy atom. The molecule has 0 bridgehead atoms. The van der Waals surface area contributed by atoms with Crippen LogP contribution in [0.3, 0.4) is 0 Å². The van der Waals surface area contributed by atoms with Crippen LogP contribution in [0.15, 0.2) is 146 Å².